The molecule has 0 spiro atoms. The van der Waals surface area contributed by atoms with Crippen LogP contribution in [0.25, 0.3) is 0 Å². The van der Waals surface area contributed by atoms with Crippen molar-refractivity contribution in [1.82, 2.24) is 0 Å². The van der Waals surface area contributed by atoms with Gasteiger partial charge in [0.2, 0.25) is 5.91 Å². The topological polar surface area (TPSA) is 102 Å². The predicted molar refractivity (Wildman–Crippen MR) is 126 cm³/mol. The van der Waals surface area contributed by atoms with Gasteiger partial charge < -0.3 is 4.74 Å². The lowest BCUT2D eigenvalue weighted by atomic mass is 9.90. The van der Waals surface area contributed by atoms with Crippen molar-refractivity contribution < 1.29 is 24.1 Å². The Balaban J connectivity index is 1.60. The Hall–Kier alpha value is -3.76. The maximum atomic E-state index is 13.6. The van der Waals surface area contributed by atoms with Crippen LogP contribution in [0.5, 0.6) is 5.75 Å². The van der Waals surface area contributed by atoms with Crippen molar-refractivity contribution >= 4 is 44.8 Å². The fourth-order valence-electron chi connectivity index (χ4n) is 4.39. The lowest BCUT2D eigenvalue weighted by molar-refractivity contribution is -0.384. The van der Waals surface area contributed by atoms with Gasteiger partial charge >= 0.3 is 0 Å². The second kappa shape index (κ2) is 8.54. The number of carbonyl (C=O) groups is 2. The van der Waals surface area contributed by atoms with E-state index in [-0.39, 0.29) is 5.69 Å². The van der Waals surface area contributed by atoms with Crippen LogP contribution in [0.15, 0.2) is 77.3 Å². The Morgan fingerprint density at radius 1 is 0.971 bits per heavy atom. The zero-order chi connectivity index (χ0) is 24.0. The van der Waals surface area contributed by atoms with Crippen LogP contribution >= 0.6 is 15.9 Å². The van der Waals surface area contributed by atoms with Crippen molar-refractivity contribution in [2.75, 3.05) is 17.1 Å². The molecule has 3 atom stereocenters. The Kier molecular flexibility index (Phi) is 5.54. The number of hydrogen-bond donors (Lipinski definition) is 0. The number of methoxy groups -OCH3 is 1. The minimum atomic E-state index is -1.08. The molecule has 9 nitrogen and oxygen atoms in total. The molecule has 3 aromatic rings. The van der Waals surface area contributed by atoms with Crippen LogP contribution in [-0.2, 0) is 14.4 Å². The highest BCUT2D eigenvalue weighted by Crippen LogP contribution is 2.48. The molecule has 0 aliphatic carbocycles. The molecule has 10 heteroatoms. The molecule has 2 fully saturated rings. The largest absolute Gasteiger partial charge is 0.497 e. The Bertz CT molecular complexity index is 1300. The summed E-state index contributed by atoms with van der Waals surface area (Å²) >= 11 is 3.36. The van der Waals surface area contributed by atoms with E-state index in [1.807, 2.05) is 6.07 Å². The average molecular weight is 524 g/mol. The van der Waals surface area contributed by atoms with Gasteiger partial charge in [0.25, 0.3) is 11.6 Å². The summed E-state index contributed by atoms with van der Waals surface area (Å²) in [7, 11) is 1.53. The van der Waals surface area contributed by atoms with Crippen LogP contribution in [-0.4, -0.2) is 30.0 Å². The SMILES string of the molecule is COc1cccc([C@@H]2[C@@H]3C(=O)N(c4ccc(Br)cc4)C(=O)[C@@H]3ON2c2cccc([N+](=O)[O-])c2)c1. The van der Waals surface area contributed by atoms with Crippen molar-refractivity contribution in [2.45, 2.75) is 12.1 Å². The molecule has 0 N–H and O–H groups in total. The van der Waals surface area contributed by atoms with Gasteiger partial charge in [-0.25, -0.2) is 9.96 Å². The van der Waals surface area contributed by atoms with Crippen LogP contribution < -0.4 is 14.7 Å². The minimum Gasteiger partial charge on any atom is -0.497 e. The van der Waals surface area contributed by atoms with E-state index < -0.39 is 34.8 Å². The molecule has 2 saturated heterocycles. The van der Waals surface area contributed by atoms with Crippen molar-refractivity contribution in [3.63, 3.8) is 0 Å². The number of hydroxylamine groups is 1. The summed E-state index contributed by atoms with van der Waals surface area (Å²) in [6.07, 6.45) is -1.08. The molecule has 2 heterocycles. The van der Waals surface area contributed by atoms with Crippen molar-refractivity contribution in [3.8, 4) is 5.75 Å². The number of hydrogen-bond acceptors (Lipinski definition) is 7. The number of imide groups is 1. The Morgan fingerprint density at radius 2 is 1.71 bits per heavy atom. The van der Waals surface area contributed by atoms with Crippen LogP contribution in [0.1, 0.15) is 11.6 Å². The summed E-state index contributed by atoms with van der Waals surface area (Å²) < 4.78 is 6.17. The van der Waals surface area contributed by atoms with Crippen molar-refractivity contribution in [3.05, 3.63) is 92.9 Å². The molecule has 34 heavy (non-hydrogen) atoms. The number of fused-ring (bicyclic) bond motifs is 1. The number of amides is 2. The van der Waals surface area contributed by atoms with E-state index in [2.05, 4.69) is 15.9 Å². The first kappa shape index (κ1) is 22.1. The fraction of sp³-hybridized carbons (Fsp3) is 0.167. The highest BCUT2D eigenvalue weighted by atomic mass is 79.9. The van der Waals surface area contributed by atoms with Crippen LogP contribution in [0.2, 0.25) is 0 Å². The minimum absolute atomic E-state index is 0.128. The van der Waals surface area contributed by atoms with Gasteiger partial charge in [0.15, 0.2) is 6.10 Å². The molecule has 0 saturated carbocycles. The summed E-state index contributed by atoms with van der Waals surface area (Å²) in [4.78, 5) is 45.0. The third-order valence-corrected chi connectivity index (χ3v) is 6.46. The van der Waals surface area contributed by atoms with E-state index >= 15 is 0 Å². The molecular weight excluding hydrogens is 506 g/mol. The first-order valence-electron chi connectivity index (χ1n) is 10.4. The Morgan fingerprint density at radius 3 is 2.41 bits per heavy atom. The average Bonchev–Trinajstić information content (AvgIpc) is 3.36. The van der Waals surface area contributed by atoms with Crippen molar-refractivity contribution in [1.29, 1.82) is 0 Å². The van der Waals surface area contributed by atoms with E-state index in [4.69, 9.17) is 9.57 Å². The van der Waals surface area contributed by atoms with Gasteiger partial charge in [0, 0.05) is 16.6 Å². The molecule has 0 bridgehead atoms. The number of halogens is 1. The third-order valence-electron chi connectivity index (χ3n) is 5.93. The van der Waals surface area contributed by atoms with Crippen LogP contribution in [0.4, 0.5) is 17.1 Å². The summed E-state index contributed by atoms with van der Waals surface area (Å²) in [5, 5.41) is 12.8. The number of non-ortho nitro benzene ring substituents is 1. The summed E-state index contributed by atoms with van der Waals surface area (Å²) in [6, 6.07) is 19.2. The molecule has 172 valence electrons. The molecule has 5 rings (SSSR count). The van der Waals surface area contributed by atoms with E-state index in [1.54, 1.807) is 48.5 Å². The zero-order valence-electron chi connectivity index (χ0n) is 17.8. The number of anilines is 2. The van der Waals surface area contributed by atoms with Gasteiger partial charge in [-0.1, -0.05) is 34.1 Å². The fourth-order valence-corrected chi connectivity index (χ4v) is 4.66. The number of rotatable bonds is 5. The molecule has 0 radical (unpaired) electrons. The molecule has 0 aromatic heterocycles. The number of nitro groups is 1. The molecule has 3 aromatic carbocycles. The smallest absolute Gasteiger partial charge is 0.271 e. The van der Waals surface area contributed by atoms with E-state index in [1.165, 1.54) is 30.4 Å². The molecule has 2 amide bonds. The second-order valence-corrected chi connectivity index (χ2v) is 8.78. The maximum absolute atomic E-state index is 13.6. The number of nitrogens with zero attached hydrogens (tertiary/aromatic N) is 3. The van der Waals surface area contributed by atoms with Gasteiger partial charge in [-0.15, -0.1) is 0 Å². The number of benzene rings is 3. The predicted octanol–water partition coefficient (Wildman–Crippen LogP) is 4.42. The highest BCUT2D eigenvalue weighted by Gasteiger charge is 2.60. The van der Waals surface area contributed by atoms with Crippen molar-refractivity contribution in [2.24, 2.45) is 5.92 Å². The van der Waals surface area contributed by atoms with Gasteiger partial charge in [-0.3, -0.25) is 24.5 Å². The van der Waals surface area contributed by atoms with Crippen LogP contribution in [0, 0.1) is 16.0 Å². The highest BCUT2D eigenvalue weighted by molar-refractivity contribution is 9.10. The number of carbonyl (C=O) groups excluding carboxylic acids is 2. The van der Waals surface area contributed by atoms with E-state index in [0.29, 0.717) is 22.7 Å². The maximum Gasteiger partial charge on any atom is 0.271 e. The van der Waals surface area contributed by atoms with Gasteiger partial charge in [-0.2, -0.15) is 0 Å². The third kappa shape index (κ3) is 3.61. The van der Waals surface area contributed by atoms with Crippen LogP contribution in [0.3, 0.4) is 0 Å². The summed E-state index contributed by atoms with van der Waals surface area (Å²) in [5.41, 5.74) is 1.36. The molecular formula is C24H18BrN3O6. The van der Waals surface area contributed by atoms with E-state index in [9.17, 15) is 19.7 Å². The lowest BCUT2D eigenvalue weighted by Gasteiger charge is -2.28. The second-order valence-electron chi connectivity index (χ2n) is 7.86. The lowest BCUT2D eigenvalue weighted by Crippen LogP contribution is -2.37. The number of ether oxygens (including phenoxy) is 1. The standard InChI is InChI=1S/C24H18BrN3O6/c1-33-19-7-2-4-14(12-19)21-20-22(34-27(21)17-5-3-6-18(13-17)28(31)32)24(30)26(23(20)29)16-10-8-15(25)9-11-16/h2-13,20-22H,1H3/t20-,21+,22+/m0/s1. The summed E-state index contributed by atoms with van der Waals surface area (Å²) in [6.45, 7) is 0. The van der Waals surface area contributed by atoms with Gasteiger partial charge in [0.1, 0.15) is 11.7 Å². The van der Waals surface area contributed by atoms with Gasteiger partial charge in [-0.05, 0) is 48.0 Å². The monoisotopic (exact) mass is 523 g/mol. The molecule has 2 aliphatic rings. The quantitative estimate of drug-likeness (QED) is 0.277. The normalized spacial score (nSPS) is 21.6. The zero-order valence-corrected chi connectivity index (χ0v) is 19.4. The first-order valence-corrected chi connectivity index (χ1v) is 11.2. The molecule has 0 unspecified atom stereocenters. The molecule has 2 aliphatic heterocycles. The van der Waals surface area contributed by atoms with Gasteiger partial charge in [0.05, 0.1) is 29.4 Å². The number of nitro benzene ring substituents is 1. The van der Waals surface area contributed by atoms with E-state index in [0.717, 1.165) is 9.37 Å². The Labute approximate surface area is 202 Å². The first-order chi connectivity index (χ1) is 16.4. The summed E-state index contributed by atoms with van der Waals surface area (Å²) in [5.74, 6) is -1.18.